The topological polar surface area (TPSA) is 136 Å². The van der Waals surface area contributed by atoms with E-state index in [-0.39, 0.29) is 26.4 Å². The van der Waals surface area contributed by atoms with Gasteiger partial charge in [-0.1, -0.05) is 0 Å². The SMILES string of the molecule is O=C(O)C=CC(=O)OCCOCCOC(=O)C=CC(=O)O. The summed E-state index contributed by atoms with van der Waals surface area (Å²) in [6.07, 6.45) is 2.82. The Morgan fingerprint density at radius 1 is 0.667 bits per heavy atom. The Labute approximate surface area is 119 Å². The van der Waals surface area contributed by atoms with Crippen molar-refractivity contribution in [3.63, 3.8) is 0 Å². The van der Waals surface area contributed by atoms with Gasteiger partial charge in [0, 0.05) is 24.3 Å². The van der Waals surface area contributed by atoms with E-state index in [2.05, 4.69) is 9.47 Å². The Bertz CT molecular complexity index is 396. The molecule has 0 spiro atoms. The van der Waals surface area contributed by atoms with Crippen LogP contribution >= 0.6 is 0 Å². The molecule has 0 saturated carbocycles. The lowest BCUT2D eigenvalue weighted by Crippen LogP contribution is -2.13. The standard InChI is InChI=1S/C12H14O9/c13-9(14)1-3-11(17)20-7-5-19-6-8-21-12(18)4-2-10(15)16/h1-4H,5-8H2,(H,13,14)(H,15,16). The predicted molar refractivity (Wildman–Crippen MR) is 66.3 cm³/mol. The molecule has 0 unspecified atom stereocenters. The summed E-state index contributed by atoms with van der Waals surface area (Å²) >= 11 is 0. The highest BCUT2D eigenvalue weighted by Gasteiger charge is 2.00. The van der Waals surface area contributed by atoms with Crippen LogP contribution in [0.2, 0.25) is 0 Å². The van der Waals surface area contributed by atoms with Gasteiger partial charge in [0.15, 0.2) is 0 Å². The fourth-order valence-electron chi connectivity index (χ4n) is 0.879. The normalized spacial score (nSPS) is 10.7. The largest absolute Gasteiger partial charge is 0.478 e. The number of carbonyl (C=O) groups excluding carboxylic acids is 2. The first-order chi connectivity index (χ1) is 9.91. The maximum Gasteiger partial charge on any atom is 0.331 e. The lowest BCUT2D eigenvalue weighted by molar-refractivity contribution is -0.141. The summed E-state index contributed by atoms with van der Waals surface area (Å²) in [5, 5.41) is 16.5. The Morgan fingerprint density at radius 2 is 1.05 bits per heavy atom. The van der Waals surface area contributed by atoms with Crippen molar-refractivity contribution in [3.8, 4) is 0 Å². The maximum atomic E-state index is 10.9. The van der Waals surface area contributed by atoms with E-state index in [1.54, 1.807) is 0 Å². The number of esters is 2. The third-order valence-corrected chi connectivity index (χ3v) is 1.67. The minimum atomic E-state index is -1.26. The van der Waals surface area contributed by atoms with E-state index in [0.717, 1.165) is 12.2 Å². The number of carboxylic acid groups (broad SMARTS) is 2. The summed E-state index contributed by atoms with van der Waals surface area (Å²) in [5.41, 5.74) is 0. The summed E-state index contributed by atoms with van der Waals surface area (Å²) in [6.45, 7) is -0.102. The van der Waals surface area contributed by atoms with Gasteiger partial charge in [-0.15, -0.1) is 0 Å². The average Bonchev–Trinajstić information content (AvgIpc) is 2.41. The molecule has 21 heavy (non-hydrogen) atoms. The molecule has 9 nitrogen and oxygen atoms in total. The molecule has 0 aromatic carbocycles. The van der Waals surface area contributed by atoms with Gasteiger partial charge in [0.05, 0.1) is 13.2 Å². The van der Waals surface area contributed by atoms with Crippen molar-refractivity contribution in [3.05, 3.63) is 24.3 Å². The highest BCUT2D eigenvalue weighted by molar-refractivity contribution is 5.91. The molecule has 9 heteroatoms. The van der Waals surface area contributed by atoms with Gasteiger partial charge in [0.25, 0.3) is 0 Å². The molecule has 0 aliphatic rings. The van der Waals surface area contributed by atoms with Crippen molar-refractivity contribution in [2.75, 3.05) is 26.4 Å². The summed E-state index contributed by atoms with van der Waals surface area (Å²) in [4.78, 5) is 42.0. The summed E-state index contributed by atoms with van der Waals surface area (Å²) < 4.78 is 14.1. The van der Waals surface area contributed by atoms with Gasteiger partial charge < -0.3 is 24.4 Å². The van der Waals surface area contributed by atoms with E-state index in [9.17, 15) is 19.2 Å². The molecule has 0 bridgehead atoms. The van der Waals surface area contributed by atoms with Crippen molar-refractivity contribution in [2.24, 2.45) is 0 Å². The van der Waals surface area contributed by atoms with Gasteiger partial charge >= 0.3 is 23.9 Å². The fraction of sp³-hybridized carbons (Fsp3) is 0.333. The number of aliphatic carboxylic acids is 2. The molecule has 2 N–H and O–H groups in total. The Balaban J connectivity index is 3.52. The first kappa shape index (κ1) is 18.3. The second kappa shape index (κ2) is 11.2. The van der Waals surface area contributed by atoms with Gasteiger partial charge in [-0.3, -0.25) is 0 Å². The fourth-order valence-corrected chi connectivity index (χ4v) is 0.879. The Kier molecular flexibility index (Phi) is 9.75. The van der Waals surface area contributed by atoms with Crippen LogP contribution in [0.25, 0.3) is 0 Å². The van der Waals surface area contributed by atoms with Gasteiger partial charge in [-0.2, -0.15) is 0 Å². The van der Waals surface area contributed by atoms with Crippen LogP contribution < -0.4 is 0 Å². The second-order valence-electron chi connectivity index (χ2n) is 3.29. The smallest absolute Gasteiger partial charge is 0.331 e. The summed E-state index contributed by atoms with van der Waals surface area (Å²) in [5.74, 6) is -4.15. The minimum absolute atomic E-state index is 0.0369. The van der Waals surface area contributed by atoms with Crippen LogP contribution in [0.1, 0.15) is 0 Å². The molecule has 0 saturated heterocycles. The van der Waals surface area contributed by atoms with E-state index in [1.807, 2.05) is 0 Å². The molecular formula is C12H14O9. The summed E-state index contributed by atoms with van der Waals surface area (Å²) in [6, 6.07) is 0. The van der Waals surface area contributed by atoms with E-state index in [4.69, 9.17) is 14.9 Å². The molecule has 0 aliphatic carbocycles. The van der Waals surface area contributed by atoms with Gasteiger partial charge in [-0.25, -0.2) is 19.2 Å². The number of hydrogen-bond acceptors (Lipinski definition) is 7. The van der Waals surface area contributed by atoms with Crippen molar-refractivity contribution in [1.82, 2.24) is 0 Å². The zero-order chi connectivity index (χ0) is 16.1. The molecule has 0 amide bonds. The number of carboxylic acids is 2. The maximum absolute atomic E-state index is 10.9. The van der Waals surface area contributed by atoms with Crippen LogP contribution in [0.4, 0.5) is 0 Å². The van der Waals surface area contributed by atoms with Gasteiger partial charge in [-0.05, 0) is 0 Å². The Hall–Kier alpha value is -2.68. The first-order valence-electron chi connectivity index (χ1n) is 5.65. The number of hydrogen-bond donors (Lipinski definition) is 2. The molecule has 0 radical (unpaired) electrons. The lowest BCUT2D eigenvalue weighted by Gasteiger charge is -2.04. The first-order valence-corrected chi connectivity index (χ1v) is 5.65. The van der Waals surface area contributed by atoms with Crippen LogP contribution in [-0.2, 0) is 33.4 Å². The van der Waals surface area contributed by atoms with E-state index >= 15 is 0 Å². The predicted octanol–water partition coefficient (Wildman–Crippen LogP) is -0.629. The van der Waals surface area contributed by atoms with Crippen LogP contribution in [0, 0.1) is 0 Å². The van der Waals surface area contributed by atoms with Crippen molar-refractivity contribution >= 4 is 23.9 Å². The highest BCUT2D eigenvalue weighted by atomic mass is 16.6. The van der Waals surface area contributed by atoms with Crippen molar-refractivity contribution in [2.45, 2.75) is 0 Å². The molecule has 0 fully saturated rings. The zero-order valence-corrected chi connectivity index (χ0v) is 10.9. The van der Waals surface area contributed by atoms with Crippen LogP contribution in [-0.4, -0.2) is 60.5 Å². The average molecular weight is 302 g/mol. The van der Waals surface area contributed by atoms with Crippen LogP contribution in [0.15, 0.2) is 24.3 Å². The van der Waals surface area contributed by atoms with Crippen LogP contribution in [0.3, 0.4) is 0 Å². The molecule has 0 atom stereocenters. The second-order valence-corrected chi connectivity index (χ2v) is 3.29. The van der Waals surface area contributed by atoms with Crippen LogP contribution in [0.5, 0.6) is 0 Å². The van der Waals surface area contributed by atoms with Crippen molar-refractivity contribution in [1.29, 1.82) is 0 Å². The molecule has 0 aliphatic heterocycles. The van der Waals surface area contributed by atoms with E-state index in [0.29, 0.717) is 12.2 Å². The number of rotatable bonds is 10. The Morgan fingerprint density at radius 3 is 1.38 bits per heavy atom. The number of carbonyl (C=O) groups is 4. The summed E-state index contributed by atoms with van der Waals surface area (Å²) in [7, 11) is 0. The quantitative estimate of drug-likeness (QED) is 0.307. The van der Waals surface area contributed by atoms with E-state index in [1.165, 1.54) is 0 Å². The van der Waals surface area contributed by atoms with E-state index < -0.39 is 23.9 Å². The molecular weight excluding hydrogens is 288 g/mol. The number of ether oxygens (including phenoxy) is 3. The highest BCUT2D eigenvalue weighted by Crippen LogP contribution is 1.86. The third-order valence-electron chi connectivity index (χ3n) is 1.67. The van der Waals surface area contributed by atoms with Gasteiger partial charge in [0.2, 0.25) is 0 Å². The van der Waals surface area contributed by atoms with Crippen molar-refractivity contribution < 1.29 is 43.6 Å². The minimum Gasteiger partial charge on any atom is -0.478 e. The third kappa shape index (κ3) is 13.6. The molecule has 116 valence electrons. The molecule has 0 aromatic rings. The molecule has 0 rings (SSSR count). The lowest BCUT2D eigenvalue weighted by atomic mass is 10.5. The monoisotopic (exact) mass is 302 g/mol. The molecule has 0 heterocycles. The van der Waals surface area contributed by atoms with Gasteiger partial charge in [0.1, 0.15) is 13.2 Å². The molecule has 0 aromatic heterocycles. The zero-order valence-electron chi connectivity index (χ0n) is 10.9.